The zero-order chi connectivity index (χ0) is 20.6. The Labute approximate surface area is 169 Å². The van der Waals surface area contributed by atoms with Crippen LogP contribution in [0.3, 0.4) is 0 Å². The third kappa shape index (κ3) is 3.82. The number of rotatable bonds is 5. The van der Waals surface area contributed by atoms with Gasteiger partial charge in [0.25, 0.3) is 10.0 Å². The predicted molar refractivity (Wildman–Crippen MR) is 115 cm³/mol. The number of carbonyl (C=O) groups is 1. The van der Waals surface area contributed by atoms with Gasteiger partial charge in [-0.1, -0.05) is 30.3 Å². The van der Waals surface area contributed by atoms with Gasteiger partial charge in [0, 0.05) is 36.9 Å². The van der Waals surface area contributed by atoms with Gasteiger partial charge in [0.1, 0.15) is 6.54 Å². The quantitative estimate of drug-likeness (QED) is 0.549. The minimum absolute atomic E-state index is 0.0106. The molecule has 29 heavy (non-hydrogen) atoms. The summed E-state index contributed by atoms with van der Waals surface area (Å²) in [4.78, 5) is 13.7. The van der Waals surface area contributed by atoms with Crippen LogP contribution in [0.5, 0.6) is 0 Å². The van der Waals surface area contributed by atoms with Gasteiger partial charge in [-0.3, -0.25) is 9.52 Å². The second-order valence-electron chi connectivity index (χ2n) is 7.12. The van der Waals surface area contributed by atoms with Gasteiger partial charge in [-0.05, 0) is 47.2 Å². The van der Waals surface area contributed by atoms with Crippen molar-refractivity contribution in [1.82, 2.24) is 9.47 Å². The second kappa shape index (κ2) is 7.25. The first-order chi connectivity index (χ1) is 13.8. The Hall–Kier alpha value is -3.32. The zero-order valence-electron chi connectivity index (χ0n) is 16.2. The summed E-state index contributed by atoms with van der Waals surface area (Å²) >= 11 is 0. The fourth-order valence-electron chi connectivity index (χ4n) is 3.24. The van der Waals surface area contributed by atoms with E-state index in [1.165, 1.54) is 4.90 Å². The minimum Gasteiger partial charge on any atom is -0.347 e. The molecule has 0 spiro atoms. The first kappa shape index (κ1) is 19.0. The van der Waals surface area contributed by atoms with Gasteiger partial charge in [-0.15, -0.1) is 0 Å². The predicted octanol–water partition coefficient (Wildman–Crippen LogP) is 3.68. The van der Waals surface area contributed by atoms with Crippen molar-refractivity contribution in [2.24, 2.45) is 0 Å². The van der Waals surface area contributed by atoms with E-state index in [2.05, 4.69) is 4.72 Å². The van der Waals surface area contributed by atoms with E-state index in [4.69, 9.17) is 0 Å². The maximum atomic E-state index is 12.8. The highest BCUT2D eigenvalue weighted by Gasteiger charge is 2.15. The van der Waals surface area contributed by atoms with Crippen molar-refractivity contribution in [3.63, 3.8) is 0 Å². The average Bonchev–Trinajstić information content (AvgIpc) is 3.09. The summed E-state index contributed by atoms with van der Waals surface area (Å²) in [5.41, 5.74) is 1.34. The molecule has 148 valence electrons. The molecule has 4 aromatic rings. The van der Waals surface area contributed by atoms with Gasteiger partial charge in [0.15, 0.2) is 0 Å². The molecule has 6 nitrogen and oxygen atoms in total. The monoisotopic (exact) mass is 407 g/mol. The number of hydrogen-bond donors (Lipinski definition) is 1. The molecule has 0 saturated heterocycles. The molecule has 0 atom stereocenters. The average molecular weight is 407 g/mol. The molecule has 1 amide bonds. The van der Waals surface area contributed by atoms with E-state index in [1.54, 1.807) is 44.4 Å². The Balaban J connectivity index is 1.61. The van der Waals surface area contributed by atoms with Gasteiger partial charge in [-0.25, -0.2) is 8.42 Å². The molecule has 0 aliphatic carbocycles. The summed E-state index contributed by atoms with van der Waals surface area (Å²) < 4.78 is 30.2. The largest absolute Gasteiger partial charge is 0.347 e. The van der Waals surface area contributed by atoms with Gasteiger partial charge >= 0.3 is 0 Å². The molecule has 0 radical (unpaired) electrons. The number of amides is 1. The topological polar surface area (TPSA) is 71.4 Å². The maximum absolute atomic E-state index is 12.8. The Morgan fingerprint density at radius 1 is 0.931 bits per heavy atom. The number of likely N-dealkylation sites (N-methyl/N-ethyl adjacent to an activating group) is 1. The molecule has 0 aliphatic heterocycles. The SMILES string of the molecule is CN(C)C(=O)Cn1ccc2cc(NS(=O)(=O)c3ccc4ccccc4c3)ccc21. The molecule has 0 unspecified atom stereocenters. The third-order valence-electron chi connectivity index (χ3n) is 4.86. The van der Waals surface area contributed by atoms with Crippen LogP contribution < -0.4 is 4.72 Å². The lowest BCUT2D eigenvalue weighted by Gasteiger charge is -2.12. The molecular weight excluding hydrogens is 386 g/mol. The van der Waals surface area contributed by atoms with Crippen LogP contribution in [-0.4, -0.2) is 37.9 Å². The molecule has 7 heteroatoms. The number of hydrogen-bond acceptors (Lipinski definition) is 3. The van der Waals surface area contributed by atoms with Crippen molar-refractivity contribution >= 4 is 43.3 Å². The highest BCUT2D eigenvalue weighted by molar-refractivity contribution is 7.92. The Morgan fingerprint density at radius 2 is 1.69 bits per heavy atom. The summed E-state index contributed by atoms with van der Waals surface area (Å²) in [6.07, 6.45) is 1.83. The number of anilines is 1. The van der Waals surface area contributed by atoms with Crippen molar-refractivity contribution in [3.8, 4) is 0 Å². The minimum atomic E-state index is -3.71. The number of nitrogens with one attached hydrogen (secondary N) is 1. The number of carbonyl (C=O) groups excluding carboxylic acids is 1. The van der Waals surface area contributed by atoms with Gasteiger partial charge in [-0.2, -0.15) is 0 Å². The normalized spacial score (nSPS) is 11.7. The molecule has 4 rings (SSSR count). The van der Waals surface area contributed by atoms with Crippen LogP contribution in [0.1, 0.15) is 0 Å². The Bertz CT molecular complexity index is 1320. The first-order valence-electron chi connectivity index (χ1n) is 9.14. The molecular formula is C22H21N3O3S. The van der Waals surface area contributed by atoms with Gasteiger partial charge in [0.05, 0.1) is 4.90 Å². The summed E-state index contributed by atoms with van der Waals surface area (Å²) in [6.45, 7) is 0.235. The van der Waals surface area contributed by atoms with E-state index >= 15 is 0 Å². The van der Waals surface area contributed by atoms with Crippen LogP contribution >= 0.6 is 0 Å². The highest BCUT2D eigenvalue weighted by atomic mass is 32.2. The molecule has 0 saturated carbocycles. The van der Waals surface area contributed by atoms with Crippen molar-refractivity contribution in [2.45, 2.75) is 11.4 Å². The van der Waals surface area contributed by atoms with E-state index in [-0.39, 0.29) is 17.3 Å². The summed E-state index contributed by atoms with van der Waals surface area (Å²) in [6, 6.07) is 19.9. The van der Waals surface area contributed by atoms with Crippen LogP contribution in [0.25, 0.3) is 21.7 Å². The smallest absolute Gasteiger partial charge is 0.261 e. The number of aromatic nitrogens is 1. The van der Waals surface area contributed by atoms with Gasteiger partial charge in [0.2, 0.25) is 5.91 Å². The number of sulfonamides is 1. The molecule has 3 aromatic carbocycles. The standard InChI is InChI=1S/C22H21N3O3S/c1-24(2)22(26)15-25-12-11-18-13-19(8-10-21(18)25)23-29(27,28)20-9-7-16-5-3-4-6-17(16)14-20/h3-14,23H,15H2,1-2H3. The van der Waals surface area contributed by atoms with Crippen LogP contribution in [-0.2, 0) is 21.4 Å². The molecule has 0 aliphatic rings. The fraction of sp³-hybridized carbons (Fsp3) is 0.136. The van der Waals surface area contributed by atoms with Crippen molar-refractivity contribution < 1.29 is 13.2 Å². The zero-order valence-corrected chi connectivity index (χ0v) is 17.0. The van der Waals surface area contributed by atoms with Crippen LogP contribution in [0.2, 0.25) is 0 Å². The summed E-state index contributed by atoms with van der Waals surface area (Å²) in [7, 11) is -0.283. The van der Waals surface area contributed by atoms with Crippen LogP contribution in [0.15, 0.2) is 77.8 Å². The van der Waals surface area contributed by atoms with E-state index in [1.807, 2.05) is 47.2 Å². The highest BCUT2D eigenvalue weighted by Crippen LogP contribution is 2.24. The number of fused-ring (bicyclic) bond motifs is 2. The third-order valence-corrected chi connectivity index (χ3v) is 6.24. The van der Waals surface area contributed by atoms with Crippen molar-refractivity contribution in [1.29, 1.82) is 0 Å². The summed E-state index contributed by atoms with van der Waals surface area (Å²) in [5, 5.41) is 2.71. The van der Waals surface area contributed by atoms with Crippen LogP contribution in [0.4, 0.5) is 5.69 Å². The lowest BCUT2D eigenvalue weighted by molar-refractivity contribution is -0.129. The van der Waals surface area contributed by atoms with E-state index in [0.29, 0.717) is 5.69 Å². The molecule has 0 fully saturated rings. The molecule has 1 N–H and O–H groups in total. The van der Waals surface area contributed by atoms with E-state index in [0.717, 1.165) is 21.7 Å². The lowest BCUT2D eigenvalue weighted by atomic mass is 10.1. The molecule has 1 aromatic heterocycles. The number of benzene rings is 3. The van der Waals surface area contributed by atoms with Gasteiger partial charge < -0.3 is 9.47 Å². The fourth-order valence-corrected chi connectivity index (χ4v) is 4.32. The number of nitrogens with zero attached hydrogens (tertiary/aromatic N) is 2. The second-order valence-corrected chi connectivity index (χ2v) is 8.80. The van der Waals surface area contributed by atoms with Crippen molar-refractivity contribution in [3.05, 3.63) is 72.9 Å². The Morgan fingerprint density at radius 3 is 2.45 bits per heavy atom. The molecule has 1 heterocycles. The maximum Gasteiger partial charge on any atom is 0.261 e. The lowest BCUT2D eigenvalue weighted by Crippen LogP contribution is -2.25. The van der Waals surface area contributed by atoms with Crippen molar-refractivity contribution in [2.75, 3.05) is 18.8 Å². The first-order valence-corrected chi connectivity index (χ1v) is 10.6. The Kier molecular flexibility index (Phi) is 4.76. The van der Waals surface area contributed by atoms with E-state index < -0.39 is 10.0 Å². The summed E-state index contributed by atoms with van der Waals surface area (Å²) in [5.74, 6) is -0.0106. The van der Waals surface area contributed by atoms with E-state index in [9.17, 15) is 13.2 Å². The molecule has 0 bridgehead atoms. The van der Waals surface area contributed by atoms with Crippen LogP contribution in [0, 0.1) is 0 Å².